The Morgan fingerprint density at radius 1 is 0.500 bits per heavy atom. The van der Waals surface area contributed by atoms with E-state index in [1.54, 1.807) is 14.2 Å². The fourth-order valence-corrected chi connectivity index (χ4v) is 10.4. The number of rotatable bonds is 11. The molecule has 58 heavy (non-hydrogen) atoms. The fraction of sp³-hybridized carbons (Fsp3) is 0.360. The van der Waals surface area contributed by atoms with Gasteiger partial charge in [-0.05, 0) is 183 Å². The highest BCUT2D eigenvalue weighted by Crippen LogP contribution is 2.39. The number of aryl methyl sites for hydroxylation is 2. The van der Waals surface area contributed by atoms with Crippen LogP contribution in [-0.4, -0.2) is 86.3 Å². The Bertz CT molecular complexity index is 2590. The van der Waals surface area contributed by atoms with E-state index in [1.807, 2.05) is 12.1 Å². The Morgan fingerprint density at radius 2 is 0.931 bits per heavy atom. The number of aromatic amines is 2. The van der Waals surface area contributed by atoms with E-state index in [1.165, 1.54) is 128 Å². The van der Waals surface area contributed by atoms with Gasteiger partial charge < -0.3 is 39.9 Å². The van der Waals surface area contributed by atoms with E-state index in [0.717, 1.165) is 60.5 Å². The molecule has 8 aromatic rings. The van der Waals surface area contributed by atoms with Gasteiger partial charge in [-0.25, -0.2) is 0 Å². The van der Waals surface area contributed by atoms with E-state index in [0.29, 0.717) is 0 Å². The van der Waals surface area contributed by atoms with Gasteiger partial charge in [-0.2, -0.15) is 0 Å². The summed E-state index contributed by atoms with van der Waals surface area (Å²) in [4.78, 5) is 12.6. The average molecular weight is 773 g/mol. The number of benzene rings is 6. The summed E-state index contributed by atoms with van der Waals surface area (Å²) < 4.78 is 11.1. The van der Waals surface area contributed by atoms with Gasteiger partial charge in [-0.15, -0.1) is 0 Å². The summed E-state index contributed by atoms with van der Waals surface area (Å²) in [5, 5.41) is 17.7. The molecule has 2 aromatic heterocycles. The molecule has 6 aromatic carbocycles. The third-order valence-electron chi connectivity index (χ3n) is 13.7. The third kappa shape index (κ3) is 6.86. The third-order valence-corrected chi connectivity index (χ3v) is 13.7. The zero-order chi connectivity index (χ0) is 39.3. The van der Waals surface area contributed by atoms with Crippen LogP contribution in [0.3, 0.4) is 0 Å². The molecule has 0 bridgehead atoms. The Kier molecular flexibility index (Phi) is 9.78. The van der Waals surface area contributed by atoms with Crippen molar-refractivity contribution in [1.29, 1.82) is 0 Å². The molecule has 2 aliphatic heterocycles. The van der Waals surface area contributed by atoms with E-state index < -0.39 is 0 Å². The van der Waals surface area contributed by atoms with Gasteiger partial charge in [0.25, 0.3) is 0 Å². The van der Waals surface area contributed by atoms with Gasteiger partial charge in [-0.3, -0.25) is 0 Å². The number of fused-ring (bicyclic) bond motifs is 10. The van der Waals surface area contributed by atoms with Crippen molar-refractivity contribution in [2.75, 3.05) is 77.2 Å². The van der Waals surface area contributed by atoms with E-state index in [2.05, 4.69) is 117 Å². The van der Waals surface area contributed by atoms with Crippen LogP contribution in [0.25, 0.3) is 65.2 Å². The van der Waals surface area contributed by atoms with Gasteiger partial charge in [-0.1, -0.05) is 12.1 Å². The minimum Gasteiger partial charge on any atom is -0.497 e. The van der Waals surface area contributed by atoms with Crippen LogP contribution in [0.2, 0.25) is 0 Å². The highest BCUT2D eigenvalue weighted by Gasteiger charge is 2.29. The molecule has 2 saturated heterocycles. The Hall–Kier alpha value is -5.44. The lowest BCUT2D eigenvalue weighted by Crippen LogP contribution is -2.42. The number of methoxy groups -OCH3 is 2. The van der Waals surface area contributed by atoms with Crippen molar-refractivity contribution in [3.63, 3.8) is 0 Å². The summed E-state index contributed by atoms with van der Waals surface area (Å²) in [5.41, 5.74) is 9.61. The second-order valence-corrected chi connectivity index (χ2v) is 17.0. The van der Waals surface area contributed by atoms with Crippen LogP contribution in [0.4, 0.5) is 11.4 Å². The summed E-state index contributed by atoms with van der Waals surface area (Å²) in [5.74, 6) is 3.51. The second kappa shape index (κ2) is 15.4. The van der Waals surface area contributed by atoms with Crippen LogP contribution in [0.1, 0.15) is 36.8 Å². The first-order valence-electron chi connectivity index (χ1n) is 21.4. The summed E-state index contributed by atoms with van der Waals surface area (Å²) in [6, 6.07) is 30.9. The second-order valence-electron chi connectivity index (χ2n) is 17.0. The molecule has 0 atom stereocenters. The van der Waals surface area contributed by atoms with Crippen LogP contribution >= 0.6 is 0 Å². The van der Waals surface area contributed by atoms with Gasteiger partial charge >= 0.3 is 0 Å². The molecule has 2 aliphatic rings. The summed E-state index contributed by atoms with van der Waals surface area (Å²) in [6.07, 6.45) is 5.34. The number of ether oxygens (including phenoxy) is 2. The molecule has 0 saturated carbocycles. The van der Waals surface area contributed by atoms with Gasteiger partial charge in [0.05, 0.1) is 14.2 Å². The van der Waals surface area contributed by atoms with E-state index in [-0.39, 0.29) is 0 Å². The molecule has 0 aliphatic carbocycles. The SMILES string of the molecule is COc1ccc2[nH]c3cc(C)c4ccc(NCCN5CCC(C6CCN(CCNc7ccc8c(C)cc9[nH]c%10ccc(OC)cc%10c9c8c7)CC6)CC5)cc4c3c2c1. The monoisotopic (exact) mass is 772 g/mol. The lowest BCUT2D eigenvalue weighted by atomic mass is 9.79. The highest BCUT2D eigenvalue weighted by atomic mass is 16.5. The van der Waals surface area contributed by atoms with Crippen molar-refractivity contribution in [3.8, 4) is 11.5 Å². The van der Waals surface area contributed by atoms with Crippen LogP contribution < -0.4 is 20.1 Å². The number of nitrogens with one attached hydrogen (secondary N) is 4. The normalized spacial score (nSPS) is 16.4. The van der Waals surface area contributed by atoms with E-state index in [4.69, 9.17) is 9.47 Å². The van der Waals surface area contributed by atoms with Crippen molar-refractivity contribution in [1.82, 2.24) is 19.8 Å². The molecule has 8 nitrogen and oxygen atoms in total. The first-order chi connectivity index (χ1) is 28.4. The number of hydrogen-bond donors (Lipinski definition) is 4. The quantitative estimate of drug-likeness (QED) is 0.105. The van der Waals surface area contributed by atoms with Gasteiger partial charge in [0.1, 0.15) is 11.5 Å². The Balaban J connectivity index is 0.699. The maximum Gasteiger partial charge on any atom is 0.119 e. The number of hydrogen-bond acceptors (Lipinski definition) is 6. The first kappa shape index (κ1) is 36.9. The van der Waals surface area contributed by atoms with Gasteiger partial charge in [0.2, 0.25) is 0 Å². The molecule has 10 rings (SSSR count). The van der Waals surface area contributed by atoms with Gasteiger partial charge in [0, 0.05) is 81.2 Å². The molecular formula is C50H56N6O2. The summed E-state index contributed by atoms with van der Waals surface area (Å²) >= 11 is 0. The van der Waals surface area contributed by atoms with Crippen LogP contribution in [0.15, 0.2) is 84.9 Å². The molecule has 4 N–H and O–H groups in total. The number of aromatic nitrogens is 2. The van der Waals surface area contributed by atoms with Crippen molar-refractivity contribution in [2.45, 2.75) is 39.5 Å². The van der Waals surface area contributed by atoms with Crippen molar-refractivity contribution in [2.24, 2.45) is 11.8 Å². The number of likely N-dealkylation sites (tertiary alicyclic amines) is 2. The molecule has 0 radical (unpaired) electrons. The largest absolute Gasteiger partial charge is 0.497 e. The van der Waals surface area contributed by atoms with Gasteiger partial charge in [0.15, 0.2) is 0 Å². The van der Waals surface area contributed by atoms with Crippen molar-refractivity contribution >= 4 is 76.5 Å². The molecular weight excluding hydrogens is 717 g/mol. The zero-order valence-electron chi connectivity index (χ0n) is 34.4. The molecule has 298 valence electrons. The smallest absolute Gasteiger partial charge is 0.119 e. The van der Waals surface area contributed by atoms with Crippen LogP contribution in [0.5, 0.6) is 11.5 Å². The number of H-pyrrole nitrogens is 2. The predicted molar refractivity (Wildman–Crippen MR) is 245 cm³/mol. The van der Waals surface area contributed by atoms with Crippen LogP contribution in [-0.2, 0) is 0 Å². The van der Waals surface area contributed by atoms with Crippen molar-refractivity contribution in [3.05, 3.63) is 96.1 Å². The molecule has 4 heterocycles. The van der Waals surface area contributed by atoms with E-state index in [9.17, 15) is 0 Å². The maximum atomic E-state index is 5.57. The lowest BCUT2D eigenvalue weighted by Gasteiger charge is -2.40. The lowest BCUT2D eigenvalue weighted by molar-refractivity contribution is 0.0996. The fourth-order valence-electron chi connectivity index (χ4n) is 10.4. The molecule has 0 amide bonds. The maximum absolute atomic E-state index is 5.57. The number of piperidine rings is 2. The van der Waals surface area contributed by atoms with Crippen molar-refractivity contribution < 1.29 is 9.47 Å². The molecule has 0 unspecified atom stereocenters. The highest BCUT2D eigenvalue weighted by molar-refractivity contribution is 6.22. The molecule has 0 spiro atoms. The first-order valence-corrected chi connectivity index (χ1v) is 21.4. The molecule has 8 heteroatoms. The zero-order valence-corrected chi connectivity index (χ0v) is 34.4. The van der Waals surface area contributed by atoms with E-state index >= 15 is 0 Å². The minimum atomic E-state index is 0.868. The van der Waals surface area contributed by atoms with Crippen LogP contribution in [0, 0.1) is 25.7 Å². The number of nitrogens with zero attached hydrogens (tertiary/aromatic N) is 2. The summed E-state index contributed by atoms with van der Waals surface area (Å²) in [7, 11) is 3.47. The molecule has 2 fully saturated rings. The average Bonchev–Trinajstić information content (AvgIpc) is 3.81. The minimum absolute atomic E-state index is 0.868. The predicted octanol–water partition coefficient (Wildman–Crippen LogP) is 10.8. The number of anilines is 2. The Morgan fingerprint density at radius 3 is 1.34 bits per heavy atom. The summed E-state index contributed by atoms with van der Waals surface area (Å²) in [6.45, 7) is 13.4. The Labute approximate surface area is 340 Å². The standard InChI is InChI=1S/C50H56N6O2/c1-31-25-47-49(43-29-37(57-3)7-11-45(43)53-47)41-27-35(5-9-39(31)41)51-17-23-55-19-13-33(14-20-55)34-15-21-56(22-16-34)24-18-52-36-6-10-40-32(2)26-48-50(42(40)28-36)44-30-38(58-4)8-12-46(44)54-48/h5-12,25-30,33-34,51-54H,13-24H2,1-4H3. The topological polar surface area (TPSA) is 80.6 Å².